The smallest absolute Gasteiger partial charge is 0.00818 e. The van der Waals surface area contributed by atoms with Gasteiger partial charge < -0.3 is 0 Å². The van der Waals surface area contributed by atoms with Gasteiger partial charge in [0.05, 0.1) is 0 Å². The molecule has 0 nitrogen and oxygen atoms in total. The van der Waals surface area contributed by atoms with E-state index < -0.39 is 0 Å². The summed E-state index contributed by atoms with van der Waals surface area (Å²) in [5.74, 6) is 0. The first-order valence-electron chi connectivity index (χ1n) is 17.1. The van der Waals surface area contributed by atoms with Crippen LogP contribution in [0.25, 0.3) is 82.0 Å². The second-order valence-electron chi connectivity index (χ2n) is 13.2. The van der Waals surface area contributed by atoms with Gasteiger partial charge in [0.15, 0.2) is 0 Å². The van der Waals surface area contributed by atoms with Crippen molar-refractivity contribution in [2.45, 2.75) is 6.42 Å². The molecule has 0 fully saturated rings. The molecule has 1 aliphatic carbocycles. The van der Waals surface area contributed by atoms with Crippen molar-refractivity contribution in [1.29, 1.82) is 0 Å². The molecule has 0 radical (unpaired) electrons. The van der Waals surface area contributed by atoms with E-state index in [4.69, 9.17) is 0 Å². The molecule has 0 aromatic heterocycles. The SMILES string of the molecule is C1=C(c2ccc(-c3cc4ccccc4c4ccccc34)cc2)c2cc(-c3ccc(-c4cc5ccccc5c5ccccc45)cc3)ccc2C1. The summed E-state index contributed by atoms with van der Waals surface area (Å²) in [5, 5.41) is 10.4. The Morgan fingerprint density at radius 2 is 0.714 bits per heavy atom. The van der Waals surface area contributed by atoms with Crippen LogP contribution in [-0.4, -0.2) is 0 Å². The highest BCUT2D eigenvalue weighted by Crippen LogP contribution is 2.40. The summed E-state index contributed by atoms with van der Waals surface area (Å²) < 4.78 is 0. The van der Waals surface area contributed by atoms with Gasteiger partial charge in [-0.15, -0.1) is 0 Å². The van der Waals surface area contributed by atoms with E-state index >= 15 is 0 Å². The molecule has 0 heterocycles. The minimum atomic E-state index is 0.968. The van der Waals surface area contributed by atoms with E-state index in [9.17, 15) is 0 Å². The molecule has 0 spiro atoms. The van der Waals surface area contributed by atoms with Gasteiger partial charge in [0, 0.05) is 0 Å². The van der Waals surface area contributed by atoms with Crippen molar-refractivity contribution in [3.8, 4) is 33.4 Å². The molecule has 0 unspecified atom stereocenters. The molecule has 10 rings (SSSR count). The van der Waals surface area contributed by atoms with Gasteiger partial charge in [-0.1, -0.05) is 164 Å². The Kier molecular flexibility index (Phi) is 6.35. The van der Waals surface area contributed by atoms with Crippen molar-refractivity contribution in [3.05, 3.63) is 199 Å². The molecule has 0 heteroatoms. The maximum atomic E-state index is 2.39. The Bertz CT molecular complexity index is 2760. The summed E-state index contributed by atoms with van der Waals surface area (Å²) >= 11 is 0. The van der Waals surface area contributed by atoms with E-state index in [0.29, 0.717) is 0 Å². The molecule has 228 valence electrons. The largest absolute Gasteiger partial charge is 0.0716 e. The lowest BCUT2D eigenvalue weighted by molar-refractivity contribution is 1.31. The summed E-state index contributed by atoms with van der Waals surface area (Å²) in [6, 6.07) is 64.9. The zero-order valence-electron chi connectivity index (χ0n) is 27.0. The minimum absolute atomic E-state index is 0.968. The fraction of sp³-hybridized carbons (Fsp3) is 0.0204. The van der Waals surface area contributed by atoms with Crippen LogP contribution in [0.3, 0.4) is 0 Å². The Morgan fingerprint density at radius 1 is 0.286 bits per heavy atom. The van der Waals surface area contributed by atoms with Crippen molar-refractivity contribution in [2.75, 3.05) is 0 Å². The standard InChI is InChI=1S/C49H32/c1-3-11-40-38(9-1)30-48(45-15-7-5-13-43(40)45)34-19-17-32(18-20-34)37-26-25-36-27-28-42(47(36)29-37)33-21-23-35(24-22-33)49-31-39-10-2-4-12-41(39)44-14-6-8-16-46(44)49/h1-26,28-31H,27H2. The van der Waals surface area contributed by atoms with Gasteiger partial charge in [-0.25, -0.2) is 0 Å². The number of allylic oxidation sites excluding steroid dienone is 1. The second-order valence-corrected chi connectivity index (χ2v) is 13.2. The first-order chi connectivity index (χ1) is 24.3. The molecule has 0 saturated carbocycles. The molecule has 9 aromatic carbocycles. The fourth-order valence-electron chi connectivity index (χ4n) is 8.04. The van der Waals surface area contributed by atoms with Crippen LogP contribution in [0.2, 0.25) is 0 Å². The molecule has 0 aliphatic heterocycles. The van der Waals surface area contributed by atoms with E-state index in [1.165, 1.54) is 98.7 Å². The van der Waals surface area contributed by atoms with Crippen LogP contribution in [0, 0.1) is 0 Å². The maximum Gasteiger partial charge on any atom is -0.00818 e. The van der Waals surface area contributed by atoms with E-state index in [-0.39, 0.29) is 0 Å². The maximum absolute atomic E-state index is 2.39. The molecular weight excluding hydrogens is 589 g/mol. The van der Waals surface area contributed by atoms with Gasteiger partial charge in [-0.05, 0) is 123 Å². The summed E-state index contributed by atoms with van der Waals surface area (Å²) in [7, 11) is 0. The van der Waals surface area contributed by atoms with Crippen LogP contribution < -0.4 is 0 Å². The Morgan fingerprint density at radius 3 is 1.27 bits per heavy atom. The van der Waals surface area contributed by atoms with Crippen LogP contribution >= 0.6 is 0 Å². The van der Waals surface area contributed by atoms with Gasteiger partial charge >= 0.3 is 0 Å². The van der Waals surface area contributed by atoms with Crippen molar-refractivity contribution in [1.82, 2.24) is 0 Å². The highest BCUT2D eigenvalue weighted by molar-refractivity contribution is 6.15. The van der Waals surface area contributed by atoms with E-state index in [1.807, 2.05) is 0 Å². The van der Waals surface area contributed by atoms with Crippen molar-refractivity contribution < 1.29 is 0 Å². The summed E-state index contributed by atoms with van der Waals surface area (Å²) in [4.78, 5) is 0. The third kappa shape index (κ3) is 4.60. The lowest BCUT2D eigenvalue weighted by Gasteiger charge is -2.13. The summed E-state index contributed by atoms with van der Waals surface area (Å²) in [6.07, 6.45) is 3.36. The van der Waals surface area contributed by atoms with Crippen molar-refractivity contribution >= 4 is 48.7 Å². The zero-order valence-corrected chi connectivity index (χ0v) is 27.0. The van der Waals surface area contributed by atoms with Crippen LogP contribution in [-0.2, 0) is 6.42 Å². The Labute approximate surface area is 286 Å². The van der Waals surface area contributed by atoms with Gasteiger partial charge in [0.25, 0.3) is 0 Å². The van der Waals surface area contributed by atoms with E-state index in [0.717, 1.165) is 6.42 Å². The monoisotopic (exact) mass is 620 g/mol. The summed E-state index contributed by atoms with van der Waals surface area (Å²) in [5.41, 5.74) is 12.9. The predicted octanol–water partition coefficient (Wildman–Crippen LogP) is 13.3. The average Bonchev–Trinajstić information content (AvgIpc) is 3.61. The quantitative estimate of drug-likeness (QED) is 0.172. The molecular formula is C49H32. The summed E-state index contributed by atoms with van der Waals surface area (Å²) in [6.45, 7) is 0. The number of benzene rings is 9. The first kappa shape index (κ1) is 27.8. The second kappa shape index (κ2) is 11.2. The van der Waals surface area contributed by atoms with Gasteiger partial charge in [-0.2, -0.15) is 0 Å². The molecule has 1 aliphatic rings. The molecule has 0 N–H and O–H groups in total. The molecule has 49 heavy (non-hydrogen) atoms. The molecule has 0 saturated heterocycles. The van der Waals surface area contributed by atoms with Gasteiger partial charge in [-0.3, -0.25) is 0 Å². The van der Waals surface area contributed by atoms with Gasteiger partial charge in [0.1, 0.15) is 0 Å². The number of hydrogen-bond donors (Lipinski definition) is 0. The molecule has 0 amide bonds. The Hall–Kier alpha value is -6.24. The molecule has 0 bridgehead atoms. The third-order valence-corrected chi connectivity index (χ3v) is 10.5. The highest BCUT2D eigenvalue weighted by atomic mass is 14.2. The molecule has 9 aromatic rings. The number of fused-ring (bicyclic) bond motifs is 7. The zero-order chi connectivity index (χ0) is 32.3. The fourth-order valence-corrected chi connectivity index (χ4v) is 8.04. The van der Waals surface area contributed by atoms with Crippen LogP contribution in [0.5, 0.6) is 0 Å². The van der Waals surface area contributed by atoms with Crippen molar-refractivity contribution in [3.63, 3.8) is 0 Å². The highest BCUT2D eigenvalue weighted by Gasteiger charge is 2.18. The van der Waals surface area contributed by atoms with E-state index in [1.54, 1.807) is 0 Å². The van der Waals surface area contributed by atoms with Crippen LogP contribution in [0.4, 0.5) is 0 Å². The molecule has 0 atom stereocenters. The minimum Gasteiger partial charge on any atom is -0.0716 e. The topological polar surface area (TPSA) is 0 Å². The predicted molar refractivity (Wildman–Crippen MR) is 210 cm³/mol. The van der Waals surface area contributed by atoms with Crippen LogP contribution in [0.1, 0.15) is 16.7 Å². The van der Waals surface area contributed by atoms with E-state index in [2.05, 4.69) is 182 Å². The van der Waals surface area contributed by atoms with Gasteiger partial charge in [0.2, 0.25) is 0 Å². The lowest BCUT2D eigenvalue weighted by Crippen LogP contribution is -1.90. The normalized spacial score (nSPS) is 12.5. The number of hydrogen-bond acceptors (Lipinski definition) is 0. The Balaban J connectivity index is 0.979. The lowest BCUT2D eigenvalue weighted by atomic mass is 9.90. The average molecular weight is 621 g/mol. The van der Waals surface area contributed by atoms with Crippen LogP contribution in [0.15, 0.2) is 182 Å². The first-order valence-corrected chi connectivity index (χ1v) is 17.1. The third-order valence-electron chi connectivity index (χ3n) is 10.5. The van der Waals surface area contributed by atoms with Crippen molar-refractivity contribution in [2.24, 2.45) is 0 Å². The number of rotatable bonds is 4.